The predicted molar refractivity (Wildman–Crippen MR) is 66.4 cm³/mol. The highest BCUT2D eigenvalue weighted by Gasteiger charge is 2.14. The number of hydrogen-bond donors (Lipinski definition) is 2. The van der Waals surface area contributed by atoms with Gasteiger partial charge in [0.25, 0.3) is 5.91 Å². The number of amides is 1. The largest absolute Gasteiger partial charge is 0.384 e. The van der Waals surface area contributed by atoms with Crippen LogP contribution in [-0.4, -0.2) is 27.6 Å². The molecule has 1 aliphatic heterocycles. The molecule has 6 nitrogen and oxygen atoms in total. The summed E-state index contributed by atoms with van der Waals surface area (Å²) in [6.07, 6.45) is 3.94. The highest BCUT2D eigenvalue weighted by Crippen LogP contribution is 2.23. The maximum absolute atomic E-state index is 12.0. The van der Waals surface area contributed by atoms with Crippen LogP contribution in [0.2, 0.25) is 0 Å². The van der Waals surface area contributed by atoms with Gasteiger partial charge in [0.1, 0.15) is 0 Å². The van der Waals surface area contributed by atoms with Gasteiger partial charge in [0, 0.05) is 17.8 Å². The highest BCUT2D eigenvalue weighted by molar-refractivity contribution is 6.04. The summed E-state index contributed by atoms with van der Waals surface area (Å²) >= 11 is 0. The number of nitrogens with one attached hydrogen (secondary N) is 2. The maximum atomic E-state index is 12.0. The van der Waals surface area contributed by atoms with E-state index in [1.165, 1.54) is 18.0 Å². The van der Waals surface area contributed by atoms with Crippen LogP contribution in [-0.2, 0) is 6.42 Å². The van der Waals surface area contributed by atoms with Crippen molar-refractivity contribution < 1.29 is 4.79 Å². The average Bonchev–Trinajstić information content (AvgIpc) is 2.87. The Morgan fingerprint density at radius 2 is 2.28 bits per heavy atom. The first-order valence-electron chi connectivity index (χ1n) is 5.65. The van der Waals surface area contributed by atoms with Crippen molar-refractivity contribution in [1.29, 1.82) is 0 Å². The normalized spacial score (nSPS) is 12.7. The van der Waals surface area contributed by atoms with Crippen LogP contribution in [0.1, 0.15) is 15.9 Å². The Morgan fingerprint density at radius 1 is 1.33 bits per heavy atom. The number of aromatic nitrogens is 3. The quantitative estimate of drug-likeness (QED) is 0.822. The molecule has 0 spiro atoms. The second kappa shape index (κ2) is 4.40. The molecular weight excluding hydrogens is 230 g/mol. The standard InChI is InChI=1S/C12H11N5O/c18-11(16-12-14-5-6-15-17-12)9-2-1-8-3-4-13-10(8)7-9/h1-2,5-7,13H,3-4H2,(H,14,16,17,18). The summed E-state index contributed by atoms with van der Waals surface area (Å²) in [4.78, 5) is 15.9. The first kappa shape index (κ1) is 10.6. The molecule has 0 radical (unpaired) electrons. The molecule has 6 heteroatoms. The number of carbonyl (C=O) groups is 1. The van der Waals surface area contributed by atoms with Crippen LogP contribution in [0, 0.1) is 0 Å². The zero-order chi connectivity index (χ0) is 12.4. The van der Waals surface area contributed by atoms with E-state index in [1.807, 2.05) is 12.1 Å². The van der Waals surface area contributed by atoms with Gasteiger partial charge in [-0.25, -0.2) is 4.98 Å². The molecule has 2 N–H and O–H groups in total. The summed E-state index contributed by atoms with van der Waals surface area (Å²) < 4.78 is 0. The molecule has 0 aliphatic carbocycles. The summed E-state index contributed by atoms with van der Waals surface area (Å²) in [5, 5.41) is 13.2. The van der Waals surface area contributed by atoms with Gasteiger partial charge in [-0.1, -0.05) is 6.07 Å². The third-order valence-electron chi connectivity index (χ3n) is 2.79. The lowest BCUT2D eigenvalue weighted by Crippen LogP contribution is -2.14. The van der Waals surface area contributed by atoms with E-state index >= 15 is 0 Å². The lowest BCUT2D eigenvalue weighted by molar-refractivity contribution is 0.102. The number of hydrogen-bond acceptors (Lipinski definition) is 5. The van der Waals surface area contributed by atoms with E-state index in [2.05, 4.69) is 25.8 Å². The number of rotatable bonds is 2. The Balaban J connectivity index is 1.81. The monoisotopic (exact) mass is 241 g/mol. The summed E-state index contributed by atoms with van der Waals surface area (Å²) in [5.74, 6) is -0.0320. The summed E-state index contributed by atoms with van der Waals surface area (Å²) in [5.41, 5.74) is 2.84. The van der Waals surface area contributed by atoms with Gasteiger partial charge in [0.15, 0.2) is 0 Å². The molecule has 0 saturated carbocycles. The van der Waals surface area contributed by atoms with Gasteiger partial charge in [-0.15, -0.1) is 5.10 Å². The molecule has 1 aromatic heterocycles. The van der Waals surface area contributed by atoms with Crippen LogP contribution >= 0.6 is 0 Å². The van der Waals surface area contributed by atoms with E-state index in [9.17, 15) is 4.79 Å². The van der Waals surface area contributed by atoms with E-state index < -0.39 is 0 Å². The lowest BCUT2D eigenvalue weighted by atomic mass is 10.1. The van der Waals surface area contributed by atoms with Crippen molar-refractivity contribution in [2.24, 2.45) is 0 Å². The summed E-state index contributed by atoms with van der Waals surface area (Å²) in [7, 11) is 0. The van der Waals surface area contributed by atoms with Crippen LogP contribution in [0.25, 0.3) is 0 Å². The highest BCUT2D eigenvalue weighted by atomic mass is 16.1. The van der Waals surface area contributed by atoms with Gasteiger partial charge in [0.2, 0.25) is 5.95 Å². The van der Waals surface area contributed by atoms with E-state index in [0.29, 0.717) is 5.56 Å². The lowest BCUT2D eigenvalue weighted by Gasteiger charge is -2.05. The fraction of sp³-hybridized carbons (Fsp3) is 0.167. The van der Waals surface area contributed by atoms with E-state index in [4.69, 9.17) is 0 Å². The molecular formula is C12H11N5O. The Hall–Kier alpha value is -2.50. The minimum atomic E-state index is -0.237. The first-order valence-corrected chi connectivity index (χ1v) is 5.65. The van der Waals surface area contributed by atoms with E-state index in [-0.39, 0.29) is 11.9 Å². The zero-order valence-electron chi connectivity index (χ0n) is 9.55. The number of carbonyl (C=O) groups excluding carboxylic acids is 1. The molecule has 90 valence electrons. The number of fused-ring (bicyclic) bond motifs is 1. The van der Waals surface area contributed by atoms with Crippen LogP contribution in [0.15, 0.2) is 30.6 Å². The minimum absolute atomic E-state index is 0.205. The zero-order valence-corrected chi connectivity index (χ0v) is 9.55. The molecule has 1 aromatic carbocycles. The molecule has 1 amide bonds. The molecule has 2 aromatic rings. The van der Waals surface area contributed by atoms with Crippen molar-refractivity contribution in [2.45, 2.75) is 6.42 Å². The van der Waals surface area contributed by atoms with E-state index in [1.54, 1.807) is 6.07 Å². The molecule has 0 saturated heterocycles. The van der Waals surface area contributed by atoms with Crippen molar-refractivity contribution >= 4 is 17.5 Å². The fourth-order valence-corrected chi connectivity index (χ4v) is 1.91. The van der Waals surface area contributed by atoms with Gasteiger partial charge >= 0.3 is 0 Å². The smallest absolute Gasteiger partial charge is 0.258 e. The van der Waals surface area contributed by atoms with Crippen LogP contribution in [0.3, 0.4) is 0 Å². The molecule has 18 heavy (non-hydrogen) atoms. The summed E-state index contributed by atoms with van der Waals surface area (Å²) in [6.45, 7) is 0.923. The predicted octanol–water partition coefficient (Wildman–Crippen LogP) is 1.09. The Bertz CT molecular complexity index is 584. The van der Waals surface area contributed by atoms with Gasteiger partial charge in [-0.05, 0) is 24.1 Å². The van der Waals surface area contributed by atoms with Crippen LogP contribution < -0.4 is 10.6 Å². The van der Waals surface area contributed by atoms with Gasteiger partial charge in [-0.3, -0.25) is 10.1 Å². The molecule has 0 bridgehead atoms. The van der Waals surface area contributed by atoms with Crippen molar-refractivity contribution in [2.75, 3.05) is 17.2 Å². The third kappa shape index (κ3) is 2.00. The maximum Gasteiger partial charge on any atom is 0.258 e. The van der Waals surface area contributed by atoms with Crippen LogP contribution in [0.4, 0.5) is 11.6 Å². The number of benzene rings is 1. The molecule has 2 heterocycles. The molecule has 3 rings (SSSR count). The number of nitrogens with zero attached hydrogens (tertiary/aromatic N) is 3. The summed E-state index contributed by atoms with van der Waals surface area (Å²) in [6, 6.07) is 5.61. The Morgan fingerprint density at radius 3 is 3.11 bits per heavy atom. The van der Waals surface area contributed by atoms with Gasteiger partial charge in [0.05, 0.1) is 12.4 Å². The van der Waals surface area contributed by atoms with Crippen molar-refractivity contribution in [1.82, 2.24) is 15.2 Å². The average molecular weight is 241 g/mol. The second-order valence-electron chi connectivity index (χ2n) is 3.97. The van der Waals surface area contributed by atoms with Crippen LogP contribution in [0.5, 0.6) is 0 Å². The van der Waals surface area contributed by atoms with Gasteiger partial charge < -0.3 is 5.32 Å². The number of anilines is 2. The van der Waals surface area contributed by atoms with Gasteiger partial charge in [-0.2, -0.15) is 5.10 Å². The third-order valence-corrected chi connectivity index (χ3v) is 2.79. The van der Waals surface area contributed by atoms with Crippen molar-refractivity contribution in [3.05, 3.63) is 41.7 Å². The van der Waals surface area contributed by atoms with Crippen molar-refractivity contribution in [3.63, 3.8) is 0 Å². The SMILES string of the molecule is O=C(Nc1nccnn1)c1ccc2c(c1)NCC2. The fourth-order valence-electron chi connectivity index (χ4n) is 1.91. The molecule has 0 fully saturated rings. The first-order chi connectivity index (χ1) is 8.83. The minimum Gasteiger partial charge on any atom is -0.384 e. The van der Waals surface area contributed by atoms with E-state index in [0.717, 1.165) is 18.7 Å². The van der Waals surface area contributed by atoms with Crippen molar-refractivity contribution in [3.8, 4) is 0 Å². The molecule has 1 aliphatic rings. The second-order valence-corrected chi connectivity index (χ2v) is 3.97. The molecule has 0 atom stereocenters. The topological polar surface area (TPSA) is 79.8 Å². The Kier molecular flexibility index (Phi) is 2.60. The molecule has 0 unspecified atom stereocenters. The Labute approximate surface area is 103 Å².